The molecule has 2 nitrogen and oxygen atoms in total. The van der Waals surface area contributed by atoms with Gasteiger partial charge in [-0.2, -0.15) is 0 Å². The van der Waals surface area contributed by atoms with E-state index in [-0.39, 0.29) is 5.60 Å². The summed E-state index contributed by atoms with van der Waals surface area (Å²) in [7, 11) is 1.67. The van der Waals surface area contributed by atoms with Crippen LogP contribution in [-0.4, -0.2) is 18.5 Å². The van der Waals surface area contributed by atoms with E-state index in [9.17, 15) is 4.79 Å². The summed E-state index contributed by atoms with van der Waals surface area (Å²) in [6.07, 6.45) is 14.4. The summed E-state index contributed by atoms with van der Waals surface area (Å²) >= 11 is 0. The maximum absolute atomic E-state index is 11.8. The molecule has 0 aliphatic heterocycles. The molecule has 120 valence electrons. The van der Waals surface area contributed by atoms with Gasteiger partial charge in [0.1, 0.15) is 5.78 Å². The third kappa shape index (κ3) is 12.7. The minimum atomic E-state index is -0.296. The average molecular weight is 284 g/mol. The fourth-order valence-corrected chi connectivity index (χ4v) is 2.44. The van der Waals surface area contributed by atoms with Crippen molar-refractivity contribution in [2.45, 2.75) is 103 Å². The highest BCUT2D eigenvalue weighted by atomic mass is 16.5. The Hall–Kier alpha value is -0.370. The van der Waals surface area contributed by atoms with Gasteiger partial charge < -0.3 is 4.74 Å². The first-order valence-corrected chi connectivity index (χ1v) is 8.58. The summed E-state index contributed by atoms with van der Waals surface area (Å²) < 4.78 is 5.29. The average Bonchev–Trinajstić information content (AvgIpc) is 2.40. The van der Waals surface area contributed by atoms with Gasteiger partial charge in [-0.25, -0.2) is 0 Å². The fourth-order valence-electron chi connectivity index (χ4n) is 2.44. The van der Waals surface area contributed by atoms with Crippen molar-refractivity contribution >= 4 is 5.78 Å². The topological polar surface area (TPSA) is 26.3 Å². The normalized spacial score (nSPS) is 11.8. The third-order valence-electron chi connectivity index (χ3n) is 3.98. The molecule has 0 fully saturated rings. The van der Waals surface area contributed by atoms with Crippen LogP contribution >= 0.6 is 0 Å². The van der Waals surface area contributed by atoms with E-state index in [0.29, 0.717) is 12.2 Å². The van der Waals surface area contributed by atoms with E-state index in [1.165, 1.54) is 57.8 Å². The lowest BCUT2D eigenvalue weighted by molar-refractivity contribution is -0.124. The van der Waals surface area contributed by atoms with Crippen molar-refractivity contribution in [3.63, 3.8) is 0 Å². The van der Waals surface area contributed by atoms with Crippen molar-refractivity contribution in [2.75, 3.05) is 7.11 Å². The Morgan fingerprint density at radius 1 is 0.850 bits per heavy atom. The first kappa shape index (κ1) is 19.6. The molecule has 0 aliphatic rings. The minimum absolute atomic E-state index is 0.296. The SMILES string of the molecule is CCCCCCCCCCCCC(=O)CC(C)(C)OC. The van der Waals surface area contributed by atoms with Crippen LogP contribution in [0.4, 0.5) is 0 Å². The summed E-state index contributed by atoms with van der Waals surface area (Å²) in [5.41, 5.74) is -0.296. The number of ether oxygens (including phenoxy) is 1. The first-order valence-electron chi connectivity index (χ1n) is 8.58. The second-order valence-corrected chi connectivity index (χ2v) is 6.61. The van der Waals surface area contributed by atoms with E-state index in [1.54, 1.807) is 7.11 Å². The van der Waals surface area contributed by atoms with Crippen LogP contribution in [-0.2, 0) is 9.53 Å². The van der Waals surface area contributed by atoms with Crippen molar-refractivity contribution in [1.29, 1.82) is 0 Å². The molecule has 0 amide bonds. The molecule has 0 rings (SSSR count). The molecule has 0 N–H and O–H groups in total. The Morgan fingerprint density at radius 2 is 1.30 bits per heavy atom. The third-order valence-corrected chi connectivity index (χ3v) is 3.98. The second kappa shape index (κ2) is 12.4. The standard InChI is InChI=1S/C18H36O2/c1-5-6-7-8-9-10-11-12-13-14-15-17(19)16-18(2,3)20-4/h5-16H2,1-4H3. The van der Waals surface area contributed by atoms with E-state index in [1.807, 2.05) is 13.8 Å². The van der Waals surface area contributed by atoms with Crippen molar-refractivity contribution in [3.8, 4) is 0 Å². The van der Waals surface area contributed by atoms with E-state index in [2.05, 4.69) is 6.92 Å². The molecule has 20 heavy (non-hydrogen) atoms. The zero-order valence-electron chi connectivity index (χ0n) is 14.3. The molecule has 2 heteroatoms. The van der Waals surface area contributed by atoms with Gasteiger partial charge in [0.15, 0.2) is 0 Å². The minimum Gasteiger partial charge on any atom is -0.378 e. The number of hydrogen-bond donors (Lipinski definition) is 0. The van der Waals surface area contributed by atoms with Gasteiger partial charge in [0.2, 0.25) is 0 Å². The number of carbonyl (C=O) groups excluding carboxylic acids is 1. The smallest absolute Gasteiger partial charge is 0.135 e. The fraction of sp³-hybridized carbons (Fsp3) is 0.944. The van der Waals surface area contributed by atoms with Gasteiger partial charge in [-0.05, 0) is 20.3 Å². The van der Waals surface area contributed by atoms with Crippen molar-refractivity contribution in [3.05, 3.63) is 0 Å². The number of ketones is 1. The summed E-state index contributed by atoms with van der Waals surface area (Å²) in [6, 6.07) is 0. The van der Waals surface area contributed by atoms with Gasteiger partial charge in [0.25, 0.3) is 0 Å². The molecule has 0 aliphatic carbocycles. The van der Waals surface area contributed by atoms with Gasteiger partial charge in [0.05, 0.1) is 5.60 Å². The number of carbonyl (C=O) groups is 1. The van der Waals surface area contributed by atoms with Crippen molar-refractivity contribution in [1.82, 2.24) is 0 Å². The summed E-state index contributed by atoms with van der Waals surface area (Å²) in [5, 5.41) is 0. The van der Waals surface area contributed by atoms with Crippen LogP contribution in [0, 0.1) is 0 Å². The molecule has 0 saturated heterocycles. The Kier molecular flexibility index (Phi) is 12.1. The predicted molar refractivity (Wildman–Crippen MR) is 87.2 cm³/mol. The lowest BCUT2D eigenvalue weighted by Crippen LogP contribution is -2.26. The molecular weight excluding hydrogens is 248 g/mol. The Bertz CT molecular complexity index is 234. The molecule has 0 bridgehead atoms. The highest BCUT2D eigenvalue weighted by Crippen LogP contribution is 2.16. The Balaban J connectivity index is 3.30. The largest absolute Gasteiger partial charge is 0.378 e. The molecule has 0 aromatic rings. The maximum atomic E-state index is 11.8. The molecular formula is C18H36O2. The van der Waals surface area contributed by atoms with Crippen LogP contribution in [0.5, 0.6) is 0 Å². The Labute approximate surface area is 126 Å². The van der Waals surface area contributed by atoms with Gasteiger partial charge in [-0.15, -0.1) is 0 Å². The zero-order valence-corrected chi connectivity index (χ0v) is 14.3. The summed E-state index contributed by atoms with van der Waals surface area (Å²) in [5.74, 6) is 0.344. The van der Waals surface area contributed by atoms with Crippen LogP contribution in [0.3, 0.4) is 0 Å². The van der Waals surface area contributed by atoms with E-state index in [0.717, 1.165) is 12.8 Å². The quantitative estimate of drug-likeness (QED) is 0.383. The molecule has 0 spiro atoms. The molecule has 0 radical (unpaired) electrons. The van der Waals surface area contributed by atoms with Gasteiger partial charge in [0, 0.05) is 20.0 Å². The molecule has 0 saturated carbocycles. The van der Waals surface area contributed by atoms with E-state index < -0.39 is 0 Å². The number of Topliss-reactive ketones (excluding diaryl/α,β-unsaturated/α-hetero) is 1. The van der Waals surface area contributed by atoms with Gasteiger partial charge in [-0.1, -0.05) is 64.7 Å². The maximum Gasteiger partial charge on any atom is 0.135 e. The molecule has 0 unspecified atom stereocenters. The summed E-state index contributed by atoms with van der Waals surface area (Å²) in [4.78, 5) is 11.8. The number of hydrogen-bond acceptors (Lipinski definition) is 2. The van der Waals surface area contributed by atoms with Crippen LogP contribution in [0.1, 0.15) is 97.8 Å². The number of rotatable bonds is 14. The van der Waals surface area contributed by atoms with E-state index in [4.69, 9.17) is 4.74 Å². The number of methoxy groups -OCH3 is 1. The highest BCUT2D eigenvalue weighted by Gasteiger charge is 2.20. The second-order valence-electron chi connectivity index (χ2n) is 6.61. The molecule has 0 heterocycles. The molecule has 0 aromatic carbocycles. The monoisotopic (exact) mass is 284 g/mol. The van der Waals surface area contributed by atoms with Crippen LogP contribution in [0.15, 0.2) is 0 Å². The van der Waals surface area contributed by atoms with Crippen LogP contribution in [0.2, 0.25) is 0 Å². The number of unbranched alkanes of at least 4 members (excludes halogenated alkanes) is 9. The van der Waals surface area contributed by atoms with Crippen LogP contribution in [0.25, 0.3) is 0 Å². The van der Waals surface area contributed by atoms with Gasteiger partial charge >= 0.3 is 0 Å². The zero-order chi connectivity index (χ0) is 15.3. The van der Waals surface area contributed by atoms with Crippen LogP contribution < -0.4 is 0 Å². The Morgan fingerprint density at radius 3 is 1.75 bits per heavy atom. The highest BCUT2D eigenvalue weighted by molar-refractivity contribution is 5.79. The van der Waals surface area contributed by atoms with Crippen molar-refractivity contribution in [2.24, 2.45) is 0 Å². The van der Waals surface area contributed by atoms with Gasteiger partial charge in [-0.3, -0.25) is 4.79 Å². The lowest BCUT2D eigenvalue weighted by atomic mass is 9.98. The summed E-state index contributed by atoms with van der Waals surface area (Å²) in [6.45, 7) is 6.21. The van der Waals surface area contributed by atoms with E-state index >= 15 is 0 Å². The first-order chi connectivity index (χ1) is 9.52. The molecule has 0 aromatic heterocycles. The van der Waals surface area contributed by atoms with Crippen molar-refractivity contribution < 1.29 is 9.53 Å². The lowest BCUT2D eigenvalue weighted by Gasteiger charge is -2.21. The predicted octanol–water partition coefficient (Wildman–Crippen LogP) is 5.68. The molecule has 0 atom stereocenters.